The Morgan fingerprint density at radius 1 is 1.35 bits per heavy atom. The first-order chi connectivity index (χ1) is 10.8. The summed E-state index contributed by atoms with van der Waals surface area (Å²) in [6.45, 7) is 7.01. The Labute approximate surface area is 138 Å². The van der Waals surface area contributed by atoms with Crippen LogP contribution >= 0.6 is 0 Å². The molecule has 2 aliphatic rings. The highest BCUT2D eigenvalue weighted by molar-refractivity contribution is 5.69. The minimum Gasteiger partial charge on any atom is -0.444 e. The number of nitrogens with one attached hydrogen (secondary N) is 1. The molecule has 1 aromatic rings. The van der Waals surface area contributed by atoms with Crippen molar-refractivity contribution in [3.63, 3.8) is 0 Å². The number of ether oxygens (including phenoxy) is 1. The van der Waals surface area contributed by atoms with Crippen LogP contribution < -0.4 is 11.1 Å². The molecule has 5 heteroatoms. The number of hydrogen-bond donors (Lipinski definition) is 2. The standard InChI is InChI=1S/C18H27N3O2/c1-18(2,3)23-17(22)21-8-7-15-12(11-21)5-4-6-16(15)20-14-9-13(19)10-14/h4-6,13-14,20H,7-11,19H2,1-3H3. The number of fused-ring (bicyclic) bond motifs is 1. The Morgan fingerprint density at radius 2 is 2.09 bits per heavy atom. The maximum absolute atomic E-state index is 12.3. The van der Waals surface area contributed by atoms with Crippen molar-refractivity contribution < 1.29 is 9.53 Å². The van der Waals surface area contributed by atoms with Crippen molar-refractivity contribution in [2.75, 3.05) is 11.9 Å². The molecular formula is C18H27N3O2. The topological polar surface area (TPSA) is 67.6 Å². The van der Waals surface area contributed by atoms with Crippen LogP contribution in [0.3, 0.4) is 0 Å². The number of nitrogens with zero attached hydrogens (tertiary/aromatic N) is 1. The fourth-order valence-electron chi connectivity index (χ4n) is 3.23. The second kappa shape index (κ2) is 6.04. The van der Waals surface area contributed by atoms with Gasteiger partial charge in [-0.05, 0) is 57.2 Å². The molecular weight excluding hydrogens is 290 g/mol. The molecule has 0 radical (unpaired) electrons. The van der Waals surface area contributed by atoms with E-state index in [-0.39, 0.29) is 6.09 Å². The Bertz CT molecular complexity index is 588. The molecule has 0 aromatic heterocycles. The minimum absolute atomic E-state index is 0.230. The molecule has 126 valence electrons. The Morgan fingerprint density at radius 3 is 2.74 bits per heavy atom. The fourth-order valence-corrected chi connectivity index (χ4v) is 3.23. The molecule has 0 atom stereocenters. The number of nitrogens with two attached hydrogens (primary N) is 1. The average Bonchev–Trinajstić information content (AvgIpc) is 2.43. The van der Waals surface area contributed by atoms with Crippen LogP contribution in [0, 0.1) is 0 Å². The molecule has 0 spiro atoms. The number of amides is 1. The summed E-state index contributed by atoms with van der Waals surface area (Å²) in [7, 11) is 0. The molecule has 1 fully saturated rings. The highest BCUT2D eigenvalue weighted by Gasteiger charge is 2.29. The number of rotatable bonds is 2. The van der Waals surface area contributed by atoms with Crippen LogP contribution in [0.15, 0.2) is 18.2 Å². The minimum atomic E-state index is -0.455. The van der Waals surface area contributed by atoms with Gasteiger partial charge in [-0.2, -0.15) is 0 Å². The van der Waals surface area contributed by atoms with Crippen LogP contribution in [-0.2, 0) is 17.7 Å². The van der Waals surface area contributed by atoms with Gasteiger partial charge in [0.05, 0.1) is 0 Å². The zero-order chi connectivity index (χ0) is 16.6. The van der Waals surface area contributed by atoms with E-state index < -0.39 is 5.60 Å². The van der Waals surface area contributed by atoms with E-state index in [0.29, 0.717) is 25.2 Å². The molecule has 1 aliphatic carbocycles. The molecule has 0 unspecified atom stereocenters. The lowest BCUT2D eigenvalue weighted by atomic mass is 9.87. The van der Waals surface area contributed by atoms with Crippen molar-refractivity contribution in [3.05, 3.63) is 29.3 Å². The molecule has 0 saturated heterocycles. The Balaban J connectivity index is 1.68. The van der Waals surface area contributed by atoms with Gasteiger partial charge in [0.2, 0.25) is 0 Å². The van der Waals surface area contributed by atoms with Crippen molar-refractivity contribution in [1.29, 1.82) is 0 Å². The monoisotopic (exact) mass is 317 g/mol. The summed E-state index contributed by atoms with van der Waals surface area (Å²) in [4.78, 5) is 14.0. The number of carbonyl (C=O) groups excluding carboxylic acids is 1. The van der Waals surface area contributed by atoms with Crippen molar-refractivity contribution in [2.45, 2.75) is 64.3 Å². The van der Waals surface area contributed by atoms with Gasteiger partial charge in [-0.1, -0.05) is 12.1 Å². The van der Waals surface area contributed by atoms with Gasteiger partial charge in [-0.25, -0.2) is 4.79 Å². The highest BCUT2D eigenvalue weighted by atomic mass is 16.6. The van der Waals surface area contributed by atoms with Gasteiger partial charge < -0.3 is 20.7 Å². The predicted octanol–water partition coefficient (Wildman–Crippen LogP) is 2.88. The molecule has 0 bridgehead atoms. The van der Waals surface area contributed by atoms with Crippen molar-refractivity contribution in [2.24, 2.45) is 5.73 Å². The summed E-state index contributed by atoms with van der Waals surface area (Å²) in [5, 5.41) is 3.60. The van der Waals surface area contributed by atoms with Crippen LogP contribution in [0.4, 0.5) is 10.5 Å². The van der Waals surface area contributed by atoms with Crippen molar-refractivity contribution in [1.82, 2.24) is 4.90 Å². The zero-order valence-corrected chi connectivity index (χ0v) is 14.3. The summed E-state index contributed by atoms with van der Waals surface area (Å²) >= 11 is 0. The molecule has 3 rings (SSSR count). The van der Waals surface area contributed by atoms with E-state index in [9.17, 15) is 4.79 Å². The maximum atomic E-state index is 12.3. The molecule has 5 nitrogen and oxygen atoms in total. The predicted molar refractivity (Wildman–Crippen MR) is 91.4 cm³/mol. The van der Waals surface area contributed by atoms with Crippen LogP contribution in [0.5, 0.6) is 0 Å². The van der Waals surface area contributed by atoms with Crippen molar-refractivity contribution >= 4 is 11.8 Å². The summed E-state index contributed by atoms with van der Waals surface area (Å²) in [5.74, 6) is 0. The van der Waals surface area contributed by atoms with Gasteiger partial charge in [0.15, 0.2) is 0 Å². The van der Waals surface area contributed by atoms with Gasteiger partial charge >= 0.3 is 6.09 Å². The molecule has 1 aliphatic heterocycles. The molecule has 1 aromatic carbocycles. The summed E-state index contributed by atoms with van der Waals surface area (Å²) in [6.07, 6.45) is 2.70. The average molecular weight is 317 g/mol. The highest BCUT2D eigenvalue weighted by Crippen LogP contribution is 2.30. The first-order valence-corrected chi connectivity index (χ1v) is 8.42. The maximum Gasteiger partial charge on any atom is 0.410 e. The smallest absolute Gasteiger partial charge is 0.410 e. The number of carbonyl (C=O) groups is 1. The molecule has 1 heterocycles. The second-order valence-electron chi connectivity index (χ2n) is 7.67. The van der Waals surface area contributed by atoms with E-state index in [1.165, 1.54) is 16.8 Å². The number of hydrogen-bond acceptors (Lipinski definition) is 4. The van der Waals surface area contributed by atoms with E-state index >= 15 is 0 Å². The van der Waals surface area contributed by atoms with E-state index in [2.05, 4.69) is 23.5 Å². The van der Waals surface area contributed by atoms with Crippen LogP contribution in [0.2, 0.25) is 0 Å². The lowest BCUT2D eigenvalue weighted by Gasteiger charge is -2.36. The van der Waals surface area contributed by atoms with Gasteiger partial charge in [0.25, 0.3) is 0 Å². The first-order valence-electron chi connectivity index (χ1n) is 8.42. The lowest BCUT2D eigenvalue weighted by Crippen LogP contribution is -2.45. The molecule has 1 amide bonds. The number of benzene rings is 1. The van der Waals surface area contributed by atoms with Crippen molar-refractivity contribution in [3.8, 4) is 0 Å². The van der Waals surface area contributed by atoms with Crippen LogP contribution in [0.25, 0.3) is 0 Å². The SMILES string of the molecule is CC(C)(C)OC(=O)N1CCc2c(cccc2NC2CC(N)C2)C1. The van der Waals surface area contributed by atoms with E-state index in [1.54, 1.807) is 4.90 Å². The normalized spacial score (nSPS) is 23.7. The lowest BCUT2D eigenvalue weighted by molar-refractivity contribution is 0.0224. The third-order valence-electron chi connectivity index (χ3n) is 4.45. The number of anilines is 1. The molecule has 23 heavy (non-hydrogen) atoms. The largest absolute Gasteiger partial charge is 0.444 e. The fraction of sp³-hybridized carbons (Fsp3) is 0.611. The summed E-state index contributed by atoms with van der Waals surface area (Å²) in [5.41, 5.74) is 9.14. The van der Waals surface area contributed by atoms with E-state index in [0.717, 1.165) is 19.3 Å². The Kier molecular flexibility index (Phi) is 4.23. The Hall–Kier alpha value is -1.75. The zero-order valence-electron chi connectivity index (χ0n) is 14.3. The van der Waals surface area contributed by atoms with E-state index in [1.807, 2.05) is 20.8 Å². The van der Waals surface area contributed by atoms with Gasteiger partial charge in [-0.15, -0.1) is 0 Å². The van der Waals surface area contributed by atoms with Crippen LogP contribution in [-0.4, -0.2) is 35.2 Å². The van der Waals surface area contributed by atoms with E-state index in [4.69, 9.17) is 10.5 Å². The summed E-state index contributed by atoms with van der Waals surface area (Å²) < 4.78 is 5.48. The molecule has 1 saturated carbocycles. The van der Waals surface area contributed by atoms with Gasteiger partial charge in [-0.3, -0.25) is 0 Å². The quantitative estimate of drug-likeness (QED) is 0.880. The third kappa shape index (κ3) is 3.78. The molecule has 3 N–H and O–H groups in total. The summed E-state index contributed by atoms with van der Waals surface area (Å²) in [6, 6.07) is 7.11. The first kappa shape index (κ1) is 16.1. The van der Waals surface area contributed by atoms with Gasteiger partial charge in [0, 0.05) is 30.9 Å². The second-order valence-corrected chi connectivity index (χ2v) is 7.67. The van der Waals surface area contributed by atoms with Gasteiger partial charge in [0.1, 0.15) is 5.60 Å². The van der Waals surface area contributed by atoms with Crippen LogP contribution in [0.1, 0.15) is 44.7 Å². The third-order valence-corrected chi connectivity index (χ3v) is 4.45.